The smallest absolute Gasteiger partial charge is 0.311 e. The lowest BCUT2D eigenvalue weighted by Crippen LogP contribution is -2.29. The van der Waals surface area contributed by atoms with Crippen molar-refractivity contribution >= 4 is 17.7 Å². The Morgan fingerprint density at radius 1 is 1.27 bits per heavy atom. The highest BCUT2D eigenvalue weighted by molar-refractivity contribution is 7.99. The predicted molar refractivity (Wildman–Crippen MR) is 105 cm³/mol. The third-order valence-corrected chi connectivity index (χ3v) is 6.45. The van der Waals surface area contributed by atoms with Crippen LogP contribution in [-0.4, -0.2) is 16.8 Å². The topological polar surface area (TPSA) is 50.4 Å². The largest absolute Gasteiger partial charge is 0.481 e. The molecule has 1 aromatic heterocycles. The first-order valence-electron chi connectivity index (χ1n) is 9.08. The summed E-state index contributed by atoms with van der Waals surface area (Å²) in [6.07, 6.45) is 3.38. The van der Waals surface area contributed by atoms with Gasteiger partial charge in [0.1, 0.15) is 12.2 Å². The van der Waals surface area contributed by atoms with Gasteiger partial charge < -0.3 is 9.52 Å². The maximum Gasteiger partial charge on any atom is 0.311 e. The number of benzene rings is 1. The van der Waals surface area contributed by atoms with E-state index in [1.807, 2.05) is 11.8 Å². The summed E-state index contributed by atoms with van der Waals surface area (Å²) in [6, 6.07) is 7.93. The van der Waals surface area contributed by atoms with Crippen LogP contribution in [0.25, 0.3) is 0 Å². The second-order valence-electron chi connectivity index (χ2n) is 6.84. The molecular formula is C22H24O3S. The molecule has 2 heterocycles. The van der Waals surface area contributed by atoms with Gasteiger partial charge in [0.25, 0.3) is 0 Å². The van der Waals surface area contributed by atoms with E-state index in [2.05, 4.69) is 44.7 Å². The molecule has 2 aromatic rings. The third-order valence-electron chi connectivity index (χ3n) is 5.40. The van der Waals surface area contributed by atoms with E-state index in [9.17, 15) is 4.79 Å². The van der Waals surface area contributed by atoms with Crippen LogP contribution in [-0.2, 0) is 16.6 Å². The maximum absolute atomic E-state index is 10.8. The summed E-state index contributed by atoms with van der Waals surface area (Å²) in [7, 11) is 0. The fourth-order valence-corrected chi connectivity index (χ4v) is 5.05. The molecule has 136 valence electrons. The number of rotatable bonds is 4. The minimum absolute atomic E-state index is 0.119. The molecule has 1 aliphatic rings. The first-order chi connectivity index (χ1) is 12.5. The van der Waals surface area contributed by atoms with Crippen molar-refractivity contribution in [3.05, 3.63) is 52.5 Å². The number of carboxylic acid groups (broad SMARTS) is 1. The van der Waals surface area contributed by atoms with E-state index in [0.29, 0.717) is 11.5 Å². The zero-order valence-corrected chi connectivity index (χ0v) is 16.3. The summed E-state index contributed by atoms with van der Waals surface area (Å²) in [5.74, 6) is 7.49. The molecule has 0 bridgehead atoms. The second kappa shape index (κ2) is 7.63. The van der Waals surface area contributed by atoms with Gasteiger partial charge in [-0.15, -0.1) is 11.8 Å². The number of carboxylic acids is 1. The van der Waals surface area contributed by atoms with Gasteiger partial charge in [-0.1, -0.05) is 19.8 Å². The van der Waals surface area contributed by atoms with Crippen LogP contribution >= 0.6 is 11.8 Å². The van der Waals surface area contributed by atoms with Gasteiger partial charge in [0.05, 0.1) is 0 Å². The number of furan rings is 1. The average molecular weight is 368 g/mol. The highest BCUT2D eigenvalue weighted by Gasteiger charge is 2.34. The normalized spacial score (nSPS) is 15.0. The molecule has 0 spiro atoms. The van der Waals surface area contributed by atoms with Crippen LogP contribution in [0.3, 0.4) is 0 Å². The minimum Gasteiger partial charge on any atom is -0.481 e. The Labute approximate surface area is 159 Å². The van der Waals surface area contributed by atoms with Gasteiger partial charge in [-0.05, 0) is 78.7 Å². The maximum atomic E-state index is 10.8. The summed E-state index contributed by atoms with van der Waals surface area (Å²) in [4.78, 5) is 12.2. The molecule has 0 aliphatic carbocycles. The summed E-state index contributed by atoms with van der Waals surface area (Å²) in [5, 5.41) is 8.83. The zero-order valence-electron chi connectivity index (χ0n) is 15.5. The van der Waals surface area contributed by atoms with Gasteiger partial charge in [-0.25, -0.2) is 0 Å². The van der Waals surface area contributed by atoms with Crippen molar-refractivity contribution in [2.24, 2.45) is 0 Å². The number of fused-ring (bicyclic) bond motifs is 1. The molecule has 26 heavy (non-hydrogen) atoms. The Balaban J connectivity index is 1.95. The van der Waals surface area contributed by atoms with Crippen molar-refractivity contribution in [1.29, 1.82) is 0 Å². The van der Waals surface area contributed by atoms with E-state index in [1.54, 1.807) is 12.1 Å². The van der Waals surface area contributed by atoms with Crippen LogP contribution in [0.2, 0.25) is 0 Å². The highest BCUT2D eigenvalue weighted by atomic mass is 32.2. The minimum atomic E-state index is -0.905. The summed E-state index contributed by atoms with van der Waals surface area (Å²) >= 11 is 1.95. The zero-order chi connectivity index (χ0) is 18.7. The fraction of sp³-hybridized carbons (Fsp3) is 0.409. The average Bonchev–Trinajstić information content (AvgIpc) is 3.06. The molecule has 0 radical (unpaired) electrons. The summed E-state index contributed by atoms with van der Waals surface area (Å²) in [6.45, 7) is 6.65. The summed E-state index contributed by atoms with van der Waals surface area (Å²) in [5.41, 5.74) is 3.88. The van der Waals surface area contributed by atoms with Gasteiger partial charge in [0.2, 0.25) is 0 Å². The molecule has 0 fully saturated rings. The Kier molecular flexibility index (Phi) is 5.48. The van der Waals surface area contributed by atoms with E-state index in [0.717, 1.165) is 18.4 Å². The fourth-order valence-electron chi connectivity index (χ4n) is 3.64. The Hall–Kier alpha value is -2.12. The van der Waals surface area contributed by atoms with Gasteiger partial charge in [0.15, 0.2) is 5.76 Å². The van der Waals surface area contributed by atoms with Crippen LogP contribution in [0, 0.1) is 18.8 Å². The van der Waals surface area contributed by atoms with E-state index in [1.165, 1.54) is 28.2 Å². The quantitative estimate of drug-likeness (QED) is 0.757. The van der Waals surface area contributed by atoms with Gasteiger partial charge in [-0.3, -0.25) is 4.79 Å². The lowest BCUT2D eigenvalue weighted by atomic mass is 9.73. The van der Waals surface area contributed by atoms with Crippen molar-refractivity contribution in [1.82, 2.24) is 0 Å². The van der Waals surface area contributed by atoms with E-state index >= 15 is 0 Å². The van der Waals surface area contributed by atoms with Crippen molar-refractivity contribution < 1.29 is 14.3 Å². The molecule has 1 N–H and O–H groups in total. The molecule has 4 heteroatoms. The number of hydrogen-bond acceptors (Lipinski definition) is 3. The number of thioether (sulfide) groups is 1. The van der Waals surface area contributed by atoms with Crippen molar-refractivity contribution in [3.8, 4) is 11.8 Å². The molecule has 0 atom stereocenters. The standard InChI is InChI=1S/C22H24O3S/c1-4-22(5-2)10-11-26-20-12-15(3)16(13-19(20)22)6-7-17-8-9-18(25-17)14-21(23)24/h8-9,12-13H,4-5,10-11,14H2,1-3H3,(H,23,24). The molecule has 0 unspecified atom stereocenters. The molecule has 0 saturated heterocycles. The van der Waals surface area contributed by atoms with Crippen molar-refractivity contribution in [3.63, 3.8) is 0 Å². The lowest BCUT2D eigenvalue weighted by molar-refractivity contribution is -0.136. The van der Waals surface area contributed by atoms with Crippen molar-refractivity contribution in [2.75, 3.05) is 5.75 Å². The highest BCUT2D eigenvalue weighted by Crippen LogP contribution is 2.46. The molecule has 0 amide bonds. The van der Waals surface area contributed by atoms with Crippen molar-refractivity contribution in [2.45, 2.75) is 56.8 Å². The molecular weight excluding hydrogens is 344 g/mol. The Morgan fingerprint density at radius 3 is 2.73 bits per heavy atom. The SMILES string of the molecule is CCC1(CC)CCSc2cc(C)c(C#Cc3ccc(CC(=O)O)o3)cc21. The first-order valence-corrected chi connectivity index (χ1v) is 10.1. The monoisotopic (exact) mass is 368 g/mol. The number of aliphatic carboxylic acids is 1. The lowest BCUT2D eigenvalue weighted by Gasteiger charge is -2.38. The van der Waals surface area contributed by atoms with Crippen LogP contribution < -0.4 is 0 Å². The van der Waals surface area contributed by atoms with Crippen LogP contribution in [0.5, 0.6) is 0 Å². The molecule has 0 saturated carbocycles. The molecule has 1 aliphatic heterocycles. The van der Waals surface area contributed by atoms with Gasteiger partial charge in [-0.2, -0.15) is 0 Å². The summed E-state index contributed by atoms with van der Waals surface area (Å²) < 4.78 is 5.49. The second-order valence-corrected chi connectivity index (χ2v) is 7.97. The Bertz CT molecular complexity index is 879. The third kappa shape index (κ3) is 3.68. The van der Waals surface area contributed by atoms with Gasteiger partial charge >= 0.3 is 5.97 Å². The predicted octanol–water partition coefficient (Wildman–Crippen LogP) is 5.17. The molecule has 3 nitrogen and oxygen atoms in total. The number of hydrogen-bond donors (Lipinski definition) is 1. The van der Waals surface area contributed by atoms with Crippen LogP contribution in [0.15, 0.2) is 33.6 Å². The van der Waals surface area contributed by atoms with E-state index < -0.39 is 5.97 Å². The van der Waals surface area contributed by atoms with Crippen LogP contribution in [0.1, 0.15) is 61.3 Å². The molecule has 1 aromatic carbocycles. The van der Waals surface area contributed by atoms with E-state index in [-0.39, 0.29) is 11.8 Å². The van der Waals surface area contributed by atoms with Gasteiger partial charge in [0, 0.05) is 10.5 Å². The van der Waals surface area contributed by atoms with Crippen LogP contribution in [0.4, 0.5) is 0 Å². The van der Waals surface area contributed by atoms with E-state index in [4.69, 9.17) is 9.52 Å². The number of aryl methyl sites for hydroxylation is 1. The first kappa shape index (κ1) is 18.7. The molecule has 3 rings (SSSR count). The Morgan fingerprint density at radius 2 is 2.04 bits per heavy atom. The number of carbonyl (C=O) groups is 1.